The van der Waals surface area contributed by atoms with Crippen LogP contribution in [0.5, 0.6) is 0 Å². The highest BCUT2D eigenvalue weighted by atomic mass is 31.1. The van der Waals surface area contributed by atoms with Crippen LogP contribution in [0.25, 0.3) is 0 Å². The molecule has 9 heteroatoms. The zero-order chi connectivity index (χ0) is 40.7. The zero-order valence-corrected chi connectivity index (χ0v) is 36.7. The van der Waals surface area contributed by atoms with Crippen molar-refractivity contribution >= 4 is 7.80 Å². The number of rotatable bonds is 15. The fourth-order valence-electron chi connectivity index (χ4n) is 9.73. The first-order valence-corrected chi connectivity index (χ1v) is 23.7. The van der Waals surface area contributed by atoms with E-state index in [1.807, 2.05) is 6.08 Å². The topological polar surface area (TPSA) is 115 Å². The summed E-state index contributed by atoms with van der Waals surface area (Å²) in [4.78, 5) is 0. The number of aliphatic hydroxyl groups excluding tert-OH is 3. The van der Waals surface area contributed by atoms with Gasteiger partial charge in [0.25, 0.3) is 0 Å². The summed E-state index contributed by atoms with van der Waals surface area (Å²) in [6.45, 7) is 14.0. The van der Waals surface area contributed by atoms with Crippen LogP contribution in [-0.4, -0.2) is 83.6 Å². The maximum atomic E-state index is 15.2. The van der Waals surface area contributed by atoms with Gasteiger partial charge < -0.3 is 38.8 Å². The van der Waals surface area contributed by atoms with Crippen molar-refractivity contribution in [2.24, 2.45) is 28.6 Å². The summed E-state index contributed by atoms with van der Waals surface area (Å²) < 4.78 is 40.6. The van der Waals surface area contributed by atoms with Crippen LogP contribution in [0.4, 0.5) is 0 Å². The lowest BCUT2D eigenvalue weighted by Gasteiger charge is -2.42. The molecule has 0 aliphatic heterocycles. The van der Waals surface area contributed by atoms with E-state index in [9.17, 15) is 15.3 Å². The van der Waals surface area contributed by atoms with Crippen molar-refractivity contribution in [2.75, 3.05) is 26.4 Å². The Hall–Kier alpha value is -2.19. The molecule has 0 bridgehead atoms. The van der Waals surface area contributed by atoms with Crippen LogP contribution in [0.3, 0.4) is 0 Å². The Morgan fingerprint density at radius 3 is 2.19 bits per heavy atom. The molecule has 0 radical (unpaired) electrons. The Morgan fingerprint density at radius 2 is 1.49 bits per heavy atom. The molecule has 3 N–H and O–H groups in total. The van der Waals surface area contributed by atoms with Gasteiger partial charge in [-0.1, -0.05) is 84.1 Å². The Morgan fingerprint density at radius 1 is 0.754 bits per heavy atom. The molecular weight excluding hydrogens is 735 g/mol. The van der Waals surface area contributed by atoms with E-state index in [0.29, 0.717) is 30.4 Å². The van der Waals surface area contributed by atoms with Gasteiger partial charge in [0, 0.05) is 17.7 Å². The quantitative estimate of drug-likeness (QED) is 0.111. The lowest BCUT2D eigenvalue weighted by Crippen LogP contribution is -2.43. The fraction of sp³-hybridized carbons (Fsp3) is 0.708. The zero-order valence-electron chi connectivity index (χ0n) is 35.7. The van der Waals surface area contributed by atoms with Gasteiger partial charge in [-0.2, -0.15) is 0 Å². The summed E-state index contributed by atoms with van der Waals surface area (Å²) in [6.07, 6.45) is 27.2. The van der Waals surface area contributed by atoms with Crippen molar-refractivity contribution in [3.63, 3.8) is 0 Å². The minimum Gasteiger partial charge on any atom is -0.512 e. The molecule has 0 aromatic rings. The van der Waals surface area contributed by atoms with Gasteiger partial charge in [-0.25, -0.2) is 0 Å². The fourth-order valence-corrected chi connectivity index (χ4v) is 12.4. The van der Waals surface area contributed by atoms with Crippen molar-refractivity contribution in [1.29, 1.82) is 0 Å². The Balaban J connectivity index is 1.16. The van der Waals surface area contributed by atoms with E-state index < -0.39 is 26.1 Å². The Bertz CT molecular complexity index is 1600. The second-order valence-electron chi connectivity index (χ2n) is 19.7. The molecule has 0 saturated heterocycles. The molecule has 0 spiro atoms. The minimum atomic E-state index is -2.38. The number of hydrogen-bond donors (Lipinski definition) is 3. The Labute approximate surface area is 344 Å². The van der Waals surface area contributed by atoms with E-state index in [1.54, 1.807) is 0 Å². The first kappa shape index (κ1) is 44.4. The van der Waals surface area contributed by atoms with Crippen LogP contribution in [0.2, 0.25) is 0 Å². The predicted molar refractivity (Wildman–Crippen MR) is 230 cm³/mol. The van der Waals surface area contributed by atoms with Gasteiger partial charge in [0.1, 0.15) is 24.6 Å². The van der Waals surface area contributed by atoms with Crippen LogP contribution >= 0.6 is 7.80 Å². The van der Waals surface area contributed by atoms with Crippen LogP contribution in [0.1, 0.15) is 119 Å². The van der Waals surface area contributed by atoms with Crippen molar-refractivity contribution in [2.45, 2.75) is 160 Å². The third-order valence-electron chi connectivity index (χ3n) is 13.3. The van der Waals surface area contributed by atoms with E-state index in [4.69, 9.17) is 18.9 Å². The lowest BCUT2D eigenvalue weighted by atomic mass is 9.75. The number of allylic oxidation sites excluding steroid dienone is 9. The van der Waals surface area contributed by atoms with Gasteiger partial charge in [-0.05, 0) is 128 Å². The molecule has 57 heavy (non-hydrogen) atoms. The SMILES string of the molecule is CC(C)(C)C1C=CC(OCC(O)COC2C3=C(C=CCC3)C(OCC(O)COC3C=CC(C(C)(C)C)CC3)CC2[PH](=O)C2C=CCCC2C2=C(O)CCCC2)=CC1. The number of aliphatic hydroxyl groups is 3. The summed E-state index contributed by atoms with van der Waals surface area (Å²) >= 11 is 0. The standard InChI is InChI=1S/C48H73O8P/c1-47(2,3)32-19-23-36(24-20-32)53-28-34(49)30-55-43-27-45(57(52)44-18-12-10-15-40(44)38-13-9-11-17-42(38)51)46(41-16-8-7-14-39(41)43)56-31-35(50)29-54-37-25-21-33(22-26-37)48(4,5)6/h7,12,14,18-19,21,23,25-26,32-36,40,43-46,49-51,57H,8-11,13,15-17,20,22,24,27-31H2,1-6H3. The highest BCUT2D eigenvalue weighted by Gasteiger charge is 2.45. The monoisotopic (exact) mass is 809 g/mol. The molecule has 0 aromatic heterocycles. The molecular formula is C48H73O8P. The van der Waals surface area contributed by atoms with Gasteiger partial charge in [0.05, 0.1) is 51.7 Å². The molecule has 6 aliphatic carbocycles. The summed E-state index contributed by atoms with van der Waals surface area (Å²) in [5.41, 5.74) is 3.08. The first-order valence-electron chi connectivity index (χ1n) is 22.1. The molecule has 8 nitrogen and oxygen atoms in total. The highest BCUT2D eigenvalue weighted by Crippen LogP contribution is 2.53. The number of hydrogen-bond acceptors (Lipinski definition) is 8. The molecule has 11 atom stereocenters. The molecule has 318 valence electrons. The van der Waals surface area contributed by atoms with Crippen molar-refractivity contribution < 1.29 is 38.8 Å². The second-order valence-corrected chi connectivity index (χ2v) is 21.9. The minimum absolute atomic E-state index is 0.0101. The van der Waals surface area contributed by atoms with E-state index in [-0.39, 0.29) is 66.7 Å². The predicted octanol–water partition coefficient (Wildman–Crippen LogP) is 10.1. The summed E-state index contributed by atoms with van der Waals surface area (Å²) in [5, 5.41) is 33.3. The maximum absolute atomic E-state index is 15.2. The average Bonchev–Trinajstić information content (AvgIpc) is 3.20. The normalized spacial score (nSPS) is 32.5. The third-order valence-corrected chi connectivity index (χ3v) is 15.9. The van der Waals surface area contributed by atoms with Crippen LogP contribution in [0.15, 0.2) is 82.9 Å². The molecule has 6 aliphatic rings. The highest BCUT2D eigenvalue weighted by molar-refractivity contribution is 7.46. The molecule has 0 saturated carbocycles. The third kappa shape index (κ3) is 11.8. The van der Waals surface area contributed by atoms with E-state index in [0.717, 1.165) is 86.7 Å². The van der Waals surface area contributed by atoms with E-state index in [2.05, 4.69) is 90.2 Å². The van der Waals surface area contributed by atoms with E-state index in [1.165, 1.54) is 0 Å². The van der Waals surface area contributed by atoms with Gasteiger partial charge >= 0.3 is 0 Å². The van der Waals surface area contributed by atoms with Crippen molar-refractivity contribution in [1.82, 2.24) is 0 Å². The van der Waals surface area contributed by atoms with Gasteiger partial charge in [0.2, 0.25) is 0 Å². The maximum Gasteiger partial charge on any atom is 0.116 e. The summed E-state index contributed by atoms with van der Waals surface area (Å²) in [7, 11) is -2.38. The largest absolute Gasteiger partial charge is 0.512 e. The van der Waals surface area contributed by atoms with Gasteiger partial charge in [-0.15, -0.1) is 0 Å². The van der Waals surface area contributed by atoms with Gasteiger partial charge in [-0.3, -0.25) is 0 Å². The van der Waals surface area contributed by atoms with Crippen LogP contribution in [-0.2, 0) is 23.5 Å². The van der Waals surface area contributed by atoms with Crippen LogP contribution in [0, 0.1) is 28.6 Å². The van der Waals surface area contributed by atoms with Crippen molar-refractivity contribution in [3.8, 4) is 0 Å². The lowest BCUT2D eigenvalue weighted by molar-refractivity contribution is -0.0604. The first-order chi connectivity index (χ1) is 27.2. The van der Waals surface area contributed by atoms with Crippen molar-refractivity contribution in [3.05, 3.63) is 82.9 Å². The molecule has 11 unspecified atom stereocenters. The Kier molecular flexibility index (Phi) is 15.5. The second kappa shape index (κ2) is 19.9. The summed E-state index contributed by atoms with van der Waals surface area (Å²) in [6, 6.07) is 0. The van der Waals surface area contributed by atoms with Crippen LogP contribution < -0.4 is 0 Å². The molecule has 0 heterocycles. The molecule has 0 aromatic carbocycles. The smallest absolute Gasteiger partial charge is 0.116 e. The van der Waals surface area contributed by atoms with E-state index >= 15 is 4.57 Å². The molecule has 0 amide bonds. The molecule has 6 rings (SSSR count). The summed E-state index contributed by atoms with van der Waals surface area (Å²) in [5.74, 6) is 2.28. The van der Waals surface area contributed by atoms with Gasteiger partial charge in [0.15, 0.2) is 0 Å². The average molecular weight is 809 g/mol. The number of ether oxygens (including phenoxy) is 4. The molecule has 0 fully saturated rings.